The van der Waals surface area contributed by atoms with E-state index in [2.05, 4.69) is 4.98 Å². The van der Waals surface area contributed by atoms with Crippen LogP contribution >= 0.6 is 0 Å². The van der Waals surface area contributed by atoms with Crippen molar-refractivity contribution in [3.63, 3.8) is 0 Å². The van der Waals surface area contributed by atoms with E-state index in [1.54, 1.807) is 0 Å². The van der Waals surface area contributed by atoms with Gasteiger partial charge in [0, 0.05) is 11.8 Å². The van der Waals surface area contributed by atoms with E-state index in [0.29, 0.717) is 5.56 Å². The van der Waals surface area contributed by atoms with Crippen molar-refractivity contribution >= 4 is 0 Å². The lowest BCUT2D eigenvalue weighted by atomic mass is 9.99. The molecule has 3 nitrogen and oxygen atoms in total. The van der Waals surface area contributed by atoms with Crippen LogP contribution in [0.15, 0.2) is 41.3 Å². The van der Waals surface area contributed by atoms with Crippen molar-refractivity contribution in [3.8, 4) is 17.2 Å². The molecule has 1 N–H and O–H groups in total. The quantitative estimate of drug-likeness (QED) is 0.917. The average molecular weight is 278 g/mol. The minimum atomic E-state index is -4.55. The van der Waals surface area contributed by atoms with Crippen LogP contribution in [0.3, 0.4) is 0 Å². The Morgan fingerprint density at radius 1 is 1.20 bits per heavy atom. The Balaban J connectivity index is 2.66. The van der Waals surface area contributed by atoms with E-state index in [9.17, 15) is 18.0 Å². The Morgan fingerprint density at radius 3 is 2.55 bits per heavy atom. The number of nitrogens with zero attached hydrogens (tertiary/aromatic N) is 1. The standard InChI is InChI=1S/C14H9F3N2O/c15-14(16,17)12-4-2-1-3-10(12)11-7-9(5-6-18)8-19-13(11)20/h1-4,7-8H,5H2,(H,19,20). The van der Waals surface area contributed by atoms with E-state index in [4.69, 9.17) is 5.26 Å². The van der Waals surface area contributed by atoms with Crippen LogP contribution in [0.4, 0.5) is 13.2 Å². The molecular weight excluding hydrogens is 269 g/mol. The minimum absolute atomic E-state index is 0.0119. The molecule has 0 aliphatic carbocycles. The van der Waals surface area contributed by atoms with Crippen molar-refractivity contribution < 1.29 is 13.2 Å². The molecule has 0 aliphatic rings. The molecule has 0 fully saturated rings. The van der Waals surface area contributed by atoms with Crippen LogP contribution in [0.25, 0.3) is 11.1 Å². The van der Waals surface area contributed by atoms with Crippen molar-refractivity contribution in [2.24, 2.45) is 0 Å². The van der Waals surface area contributed by atoms with Crippen molar-refractivity contribution in [2.45, 2.75) is 12.6 Å². The number of pyridine rings is 1. The first kappa shape index (κ1) is 13.9. The fourth-order valence-corrected chi connectivity index (χ4v) is 1.89. The number of hydrogen-bond acceptors (Lipinski definition) is 2. The fourth-order valence-electron chi connectivity index (χ4n) is 1.89. The van der Waals surface area contributed by atoms with Crippen LogP contribution in [0, 0.1) is 11.3 Å². The Labute approximate surface area is 112 Å². The van der Waals surface area contributed by atoms with Gasteiger partial charge in [0.05, 0.1) is 18.1 Å². The number of halogens is 3. The highest BCUT2D eigenvalue weighted by atomic mass is 19.4. The lowest BCUT2D eigenvalue weighted by molar-refractivity contribution is -0.137. The number of benzene rings is 1. The summed E-state index contributed by atoms with van der Waals surface area (Å²) in [5.74, 6) is 0. The maximum atomic E-state index is 12.9. The molecule has 2 rings (SSSR count). The van der Waals surface area contributed by atoms with E-state index < -0.39 is 17.3 Å². The molecule has 1 heterocycles. The monoisotopic (exact) mass is 278 g/mol. The fraction of sp³-hybridized carbons (Fsp3) is 0.143. The zero-order valence-corrected chi connectivity index (χ0v) is 10.2. The average Bonchev–Trinajstić information content (AvgIpc) is 2.40. The molecular formula is C14H9F3N2O. The largest absolute Gasteiger partial charge is 0.417 e. The first-order valence-electron chi connectivity index (χ1n) is 5.68. The molecule has 0 atom stereocenters. The molecule has 2 aromatic rings. The molecule has 1 aromatic carbocycles. The Kier molecular flexibility index (Phi) is 3.61. The van der Waals surface area contributed by atoms with E-state index in [-0.39, 0.29) is 17.5 Å². The van der Waals surface area contributed by atoms with Gasteiger partial charge < -0.3 is 4.98 Å². The molecule has 1 aromatic heterocycles. The Morgan fingerprint density at radius 2 is 1.90 bits per heavy atom. The zero-order valence-electron chi connectivity index (χ0n) is 10.2. The second-order valence-corrected chi connectivity index (χ2v) is 4.13. The van der Waals surface area contributed by atoms with Crippen LogP contribution in [-0.2, 0) is 12.6 Å². The van der Waals surface area contributed by atoms with Gasteiger partial charge in [-0.3, -0.25) is 4.79 Å². The lowest BCUT2D eigenvalue weighted by Crippen LogP contribution is -2.13. The third-order valence-corrected chi connectivity index (χ3v) is 2.77. The molecule has 0 saturated heterocycles. The number of hydrogen-bond donors (Lipinski definition) is 1. The highest BCUT2D eigenvalue weighted by Gasteiger charge is 2.33. The van der Waals surface area contributed by atoms with Crippen LogP contribution < -0.4 is 5.56 Å². The van der Waals surface area contributed by atoms with Crippen LogP contribution in [-0.4, -0.2) is 4.98 Å². The topological polar surface area (TPSA) is 56.6 Å². The summed E-state index contributed by atoms with van der Waals surface area (Å²) in [6, 6.07) is 8.05. The second-order valence-electron chi connectivity index (χ2n) is 4.13. The van der Waals surface area contributed by atoms with Crippen LogP contribution in [0.2, 0.25) is 0 Å². The highest BCUT2D eigenvalue weighted by Crippen LogP contribution is 2.35. The van der Waals surface area contributed by atoms with Gasteiger partial charge in [0.15, 0.2) is 0 Å². The summed E-state index contributed by atoms with van der Waals surface area (Å²) >= 11 is 0. The van der Waals surface area contributed by atoms with Gasteiger partial charge in [-0.05, 0) is 23.3 Å². The maximum absolute atomic E-state index is 12.9. The molecule has 6 heteroatoms. The van der Waals surface area contributed by atoms with Gasteiger partial charge in [-0.15, -0.1) is 0 Å². The normalized spacial score (nSPS) is 11.1. The highest BCUT2D eigenvalue weighted by molar-refractivity contribution is 5.67. The van der Waals surface area contributed by atoms with E-state index >= 15 is 0 Å². The molecule has 0 bridgehead atoms. The summed E-state index contributed by atoms with van der Waals surface area (Å²) in [7, 11) is 0. The summed E-state index contributed by atoms with van der Waals surface area (Å²) in [6.45, 7) is 0. The molecule has 0 aliphatic heterocycles. The predicted molar refractivity (Wildman–Crippen MR) is 66.8 cm³/mol. The SMILES string of the molecule is N#CCc1c[nH]c(=O)c(-c2ccccc2C(F)(F)F)c1. The molecule has 0 spiro atoms. The van der Waals surface area contributed by atoms with Gasteiger partial charge in [-0.1, -0.05) is 18.2 Å². The predicted octanol–water partition coefficient (Wildman–Crippen LogP) is 3.13. The second kappa shape index (κ2) is 5.21. The number of H-pyrrole nitrogens is 1. The lowest BCUT2D eigenvalue weighted by Gasteiger charge is -2.12. The summed E-state index contributed by atoms with van der Waals surface area (Å²) < 4.78 is 38.8. The number of alkyl halides is 3. The van der Waals surface area contributed by atoms with Crippen LogP contribution in [0.5, 0.6) is 0 Å². The van der Waals surface area contributed by atoms with Crippen LogP contribution in [0.1, 0.15) is 11.1 Å². The third kappa shape index (κ3) is 2.72. The van der Waals surface area contributed by atoms with Crippen molar-refractivity contribution in [1.82, 2.24) is 4.98 Å². The van der Waals surface area contributed by atoms with Gasteiger partial charge in [0.1, 0.15) is 0 Å². The molecule has 102 valence electrons. The smallest absolute Gasteiger partial charge is 0.328 e. The molecule has 0 unspecified atom stereocenters. The number of aromatic nitrogens is 1. The molecule has 20 heavy (non-hydrogen) atoms. The summed E-state index contributed by atoms with van der Waals surface area (Å²) in [4.78, 5) is 14.1. The zero-order chi connectivity index (χ0) is 14.8. The molecule has 0 amide bonds. The van der Waals surface area contributed by atoms with Crippen molar-refractivity contribution in [2.75, 3.05) is 0 Å². The summed E-state index contributed by atoms with van der Waals surface area (Å²) in [5, 5.41) is 8.61. The summed E-state index contributed by atoms with van der Waals surface area (Å²) in [6.07, 6.45) is -3.21. The van der Waals surface area contributed by atoms with Crippen molar-refractivity contribution in [1.29, 1.82) is 5.26 Å². The van der Waals surface area contributed by atoms with Gasteiger partial charge in [-0.2, -0.15) is 18.4 Å². The van der Waals surface area contributed by atoms with E-state index in [1.165, 1.54) is 30.5 Å². The van der Waals surface area contributed by atoms with Gasteiger partial charge >= 0.3 is 6.18 Å². The third-order valence-electron chi connectivity index (χ3n) is 2.77. The number of nitrogens with one attached hydrogen (secondary N) is 1. The van der Waals surface area contributed by atoms with Crippen molar-refractivity contribution in [3.05, 3.63) is 58.0 Å². The van der Waals surface area contributed by atoms with Gasteiger partial charge in [0.2, 0.25) is 0 Å². The molecule has 0 saturated carbocycles. The minimum Gasteiger partial charge on any atom is -0.328 e. The number of rotatable bonds is 2. The van der Waals surface area contributed by atoms with E-state index in [0.717, 1.165) is 6.07 Å². The van der Waals surface area contributed by atoms with E-state index in [1.807, 2.05) is 6.07 Å². The Bertz CT molecular complexity index is 726. The van der Waals surface area contributed by atoms with Gasteiger partial charge in [-0.25, -0.2) is 0 Å². The summed E-state index contributed by atoms with van der Waals surface area (Å²) in [5.41, 5.74) is -1.33. The number of aromatic amines is 1. The van der Waals surface area contributed by atoms with Gasteiger partial charge in [0.25, 0.3) is 5.56 Å². The Hall–Kier alpha value is -2.55. The number of nitriles is 1. The first-order chi connectivity index (χ1) is 9.43. The first-order valence-corrected chi connectivity index (χ1v) is 5.68. The maximum Gasteiger partial charge on any atom is 0.417 e. The molecule has 0 radical (unpaired) electrons.